The van der Waals surface area contributed by atoms with Crippen LogP contribution in [0.3, 0.4) is 0 Å². The van der Waals surface area contributed by atoms with E-state index in [0.717, 1.165) is 93.4 Å². The molecular formula is C68H106N12O10Si3. The van der Waals surface area contributed by atoms with Crippen LogP contribution in [0.15, 0.2) is 112 Å². The van der Waals surface area contributed by atoms with Gasteiger partial charge in [-0.05, 0) is 202 Å². The third-order valence-corrected chi connectivity index (χ3v) is 28.8. The van der Waals surface area contributed by atoms with Crippen molar-refractivity contribution >= 4 is 89.2 Å². The van der Waals surface area contributed by atoms with Crippen LogP contribution in [0.2, 0.25) is 51.4 Å². The number of guanidine groups is 3. The van der Waals surface area contributed by atoms with Crippen LogP contribution in [-0.4, -0.2) is 135 Å². The van der Waals surface area contributed by atoms with E-state index in [1.54, 1.807) is 48.5 Å². The number of nitrogens with zero attached hydrogens (tertiary/aromatic N) is 3. The van der Waals surface area contributed by atoms with Crippen molar-refractivity contribution < 1.29 is 47.0 Å². The van der Waals surface area contributed by atoms with Gasteiger partial charge in [0, 0.05) is 34.5 Å². The molecule has 0 aromatic heterocycles. The molecule has 3 unspecified atom stereocenters. The Morgan fingerprint density at radius 1 is 0.495 bits per heavy atom. The predicted octanol–water partition coefficient (Wildman–Crippen LogP) is 12.7. The van der Waals surface area contributed by atoms with E-state index in [9.17, 15) is 19.2 Å². The molecule has 25 heteroatoms. The van der Waals surface area contributed by atoms with Gasteiger partial charge in [0.25, 0.3) is 0 Å². The number of hydrogen-bond donors (Lipinski definition) is 9. The van der Waals surface area contributed by atoms with Crippen LogP contribution >= 0.6 is 0 Å². The Balaban J connectivity index is 1.03. The summed E-state index contributed by atoms with van der Waals surface area (Å²) in [6.45, 7) is 33.9. The molecule has 9 N–H and O–H groups in total. The Bertz CT molecular complexity index is 3110. The van der Waals surface area contributed by atoms with Crippen molar-refractivity contribution in [3.05, 3.63) is 119 Å². The number of benzene rings is 4. The Kier molecular flexibility index (Phi) is 28.9. The lowest BCUT2D eigenvalue weighted by atomic mass is 10.2. The molecule has 0 amide bonds. The Morgan fingerprint density at radius 3 is 1.34 bits per heavy atom. The van der Waals surface area contributed by atoms with Crippen LogP contribution in [0.5, 0.6) is 0 Å². The highest BCUT2D eigenvalue weighted by atomic mass is 28.4. The monoisotopic (exact) mass is 1330 g/mol. The highest BCUT2D eigenvalue weighted by Gasteiger charge is 2.51. The van der Waals surface area contributed by atoms with Crippen LogP contribution < -0.4 is 47.9 Å². The van der Waals surface area contributed by atoms with Crippen LogP contribution in [0.25, 0.3) is 0 Å². The zero-order valence-electron chi connectivity index (χ0n) is 57.6. The fourth-order valence-corrected chi connectivity index (χ4v) is 19.3. The van der Waals surface area contributed by atoms with Crippen LogP contribution in [0, 0.1) is 0 Å². The van der Waals surface area contributed by atoms with E-state index in [-0.39, 0.29) is 35.4 Å². The van der Waals surface area contributed by atoms with Crippen molar-refractivity contribution in [1.82, 2.24) is 26.6 Å². The topological polar surface area (TPSA) is 269 Å². The average molecular weight is 1340 g/mol. The van der Waals surface area contributed by atoms with Gasteiger partial charge in [-0.15, -0.1) is 0 Å². The number of anilines is 4. The zero-order chi connectivity index (χ0) is 67.7. The van der Waals surface area contributed by atoms with Crippen LogP contribution in [0.4, 0.5) is 22.7 Å². The first-order chi connectivity index (χ1) is 44.2. The van der Waals surface area contributed by atoms with E-state index < -0.39 is 42.5 Å². The maximum atomic E-state index is 12.6. The van der Waals surface area contributed by atoms with Gasteiger partial charge in [-0.2, -0.15) is 0 Å². The molecule has 2 heterocycles. The average Bonchev–Trinajstić information content (AvgIpc) is 0.831. The van der Waals surface area contributed by atoms with Gasteiger partial charge in [-0.3, -0.25) is 15.6 Å². The summed E-state index contributed by atoms with van der Waals surface area (Å²) in [6.07, 6.45) is 7.14. The van der Waals surface area contributed by atoms with Crippen molar-refractivity contribution in [3.63, 3.8) is 0 Å². The fraction of sp³-hybridized carbons (Fsp3) is 0.544. The Morgan fingerprint density at radius 2 is 0.903 bits per heavy atom. The molecule has 22 nitrogen and oxygen atoms in total. The number of rotatable bonds is 37. The highest BCUT2D eigenvalue weighted by molar-refractivity contribution is 6.82. The zero-order valence-corrected chi connectivity index (χ0v) is 60.6. The van der Waals surface area contributed by atoms with E-state index >= 15 is 0 Å². The number of carbonyl (C=O) groups excluding carboxylic acids is 4. The Labute approximate surface area is 555 Å². The molecule has 6 rings (SSSR count). The third-order valence-electron chi connectivity index (χ3n) is 16.8. The first-order valence-corrected chi connectivity index (χ1v) is 42.5. The van der Waals surface area contributed by atoms with E-state index in [1.165, 1.54) is 0 Å². The number of ether oxygens (including phenoxy) is 4. The molecule has 3 atom stereocenters. The van der Waals surface area contributed by atoms with Gasteiger partial charge in [0.15, 0.2) is 20.9 Å². The molecule has 4 aromatic rings. The van der Waals surface area contributed by atoms with Crippen molar-refractivity contribution in [1.29, 1.82) is 0 Å². The van der Waals surface area contributed by atoms with Gasteiger partial charge < -0.3 is 59.7 Å². The minimum atomic E-state index is -2.54. The smallest absolute Gasteiger partial charge is 0.338 e. The molecule has 2 aliphatic rings. The molecule has 4 aromatic carbocycles. The third kappa shape index (κ3) is 24.3. The van der Waals surface area contributed by atoms with E-state index in [4.69, 9.17) is 42.8 Å². The summed E-state index contributed by atoms with van der Waals surface area (Å²) in [5, 5.41) is 30.0. The second-order valence-electron chi connectivity index (χ2n) is 26.3. The standard InChI is InChI=1S/C68H106N12O10Si3/c1-15-19-43-85-57(81)49-25-33-53(34-26-49)71-63-75-61(76-64(79-63)72-54-35-27-50(28-36-54)58(82)86-44-20-16-2)69-41-23-47-91(9,10)67(5,6)90-93(13,14)68(7,8)89-92(11,12)48-24-42-70-62-77-65(73-55-37-29-51(30-38-55)59(83)87-45-21-17-3)80-66(78-62)74-56-39-31-52(32-40-56)60(84)88-46-22-18-4/h25-40,62-63,65,70-71,73,77H,15-24,41-48H2,1-14H3,(H2,74,78,80)(H3,69,72,75,76,79). The lowest BCUT2D eigenvalue weighted by molar-refractivity contribution is 0.0490. The van der Waals surface area contributed by atoms with Crippen LogP contribution in [-0.2, 0) is 27.8 Å². The van der Waals surface area contributed by atoms with E-state index in [2.05, 4.69) is 143 Å². The molecule has 0 aliphatic carbocycles. The number of carbonyl (C=O) groups is 4. The van der Waals surface area contributed by atoms with Gasteiger partial charge >= 0.3 is 23.9 Å². The summed E-state index contributed by atoms with van der Waals surface area (Å²) in [5.41, 5.74) is 4.85. The van der Waals surface area contributed by atoms with Crippen molar-refractivity contribution in [2.75, 3.05) is 60.8 Å². The van der Waals surface area contributed by atoms with Gasteiger partial charge in [-0.1, -0.05) is 72.5 Å². The molecule has 0 saturated carbocycles. The molecule has 510 valence electrons. The number of aliphatic imine (C=N–C) groups is 3. The first-order valence-electron chi connectivity index (χ1n) is 33.3. The van der Waals surface area contributed by atoms with E-state index in [1.807, 2.05) is 48.5 Å². The van der Waals surface area contributed by atoms with Crippen molar-refractivity contribution in [3.8, 4) is 0 Å². The fourth-order valence-electron chi connectivity index (χ4n) is 9.96. The van der Waals surface area contributed by atoms with Gasteiger partial charge in [0.2, 0.25) is 26.2 Å². The van der Waals surface area contributed by atoms with Gasteiger partial charge in [0.1, 0.15) is 6.29 Å². The minimum Gasteiger partial charge on any atom is -0.462 e. The van der Waals surface area contributed by atoms with Crippen molar-refractivity contribution in [2.45, 2.75) is 200 Å². The summed E-state index contributed by atoms with van der Waals surface area (Å²) < 4.78 is 36.3. The van der Waals surface area contributed by atoms with E-state index in [0.29, 0.717) is 85.3 Å². The maximum absolute atomic E-state index is 12.6. The molecule has 0 bridgehead atoms. The summed E-state index contributed by atoms with van der Waals surface area (Å²) in [5.74, 6) is 0.0755. The molecule has 0 spiro atoms. The molecule has 0 radical (unpaired) electrons. The highest BCUT2D eigenvalue weighted by Crippen LogP contribution is 2.38. The predicted molar refractivity (Wildman–Crippen MR) is 382 cm³/mol. The lowest BCUT2D eigenvalue weighted by Gasteiger charge is -2.51. The van der Waals surface area contributed by atoms with Crippen LogP contribution in [0.1, 0.15) is 161 Å². The summed E-state index contributed by atoms with van der Waals surface area (Å²) in [6, 6.07) is 30.4. The molecule has 0 saturated heterocycles. The number of esters is 4. The summed E-state index contributed by atoms with van der Waals surface area (Å²) >= 11 is 0. The maximum Gasteiger partial charge on any atom is 0.338 e. The SMILES string of the molecule is CCCCOC(=O)c1ccc(NC2=NC(Nc3ccc(C(=O)OCCCC)cc3)NC(=NCCC[Si](C)(C)C(C)(C)O[Si](C)(C)C(C)(C)O[Si](C)(C)CCCNC3NC(Nc4ccc(C(=O)OCCCC)cc4)=NC(Nc4ccc(C(=O)OCCCC)cc4)N3)N2)cc1. The second-order valence-corrected chi connectivity index (χ2v) is 40.5. The first kappa shape index (κ1) is 74.9. The quantitative estimate of drug-likeness (QED) is 0.00879. The lowest BCUT2D eigenvalue weighted by Crippen LogP contribution is -2.65. The number of unbranched alkanes of at least 4 members (excludes halogenated alkanes) is 4. The number of nitrogens with one attached hydrogen (secondary N) is 9. The van der Waals surface area contributed by atoms with Gasteiger partial charge in [-0.25, -0.2) is 34.5 Å². The van der Waals surface area contributed by atoms with Crippen molar-refractivity contribution in [2.24, 2.45) is 15.0 Å². The largest absolute Gasteiger partial charge is 0.462 e. The normalized spacial score (nSPS) is 16.5. The molecular weight excluding hydrogens is 1230 g/mol. The molecule has 2 aliphatic heterocycles. The molecule has 0 fully saturated rings. The molecule has 93 heavy (non-hydrogen) atoms. The number of hydrogen-bond acceptors (Lipinski definition) is 20. The summed E-state index contributed by atoms with van der Waals surface area (Å²) in [4.78, 5) is 65.3. The minimum absolute atomic E-state index is 0.351. The summed E-state index contributed by atoms with van der Waals surface area (Å²) in [7, 11) is -6.89. The van der Waals surface area contributed by atoms with Gasteiger partial charge in [0.05, 0.1) is 62.0 Å². The Hall–Kier alpha value is -7.14. The second kappa shape index (κ2) is 35.9.